The van der Waals surface area contributed by atoms with Gasteiger partial charge in [-0.2, -0.15) is 5.10 Å². The minimum atomic E-state index is -0.163. The summed E-state index contributed by atoms with van der Waals surface area (Å²) in [5, 5.41) is 16.0. The topological polar surface area (TPSA) is 105 Å². The average molecular weight is 457 g/mol. The zero-order chi connectivity index (χ0) is 24.1. The van der Waals surface area contributed by atoms with Gasteiger partial charge in [0.25, 0.3) is 5.91 Å². The number of nitrogens with one attached hydrogen (secondary N) is 3. The molecule has 0 aliphatic heterocycles. The Hall–Kier alpha value is -4.20. The van der Waals surface area contributed by atoms with Crippen molar-refractivity contribution in [3.63, 3.8) is 0 Å². The predicted octanol–water partition coefficient (Wildman–Crippen LogP) is 3.27. The average Bonchev–Trinajstić information content (AvgIpc) is 3.30. The molecule has 0 radical (unpaired) electrons. The van der Waals surface area contributed by atoms with Gasteiger partial charge in [0.05, 0.1) is 17.1 Å². The number of carbonyl (C=O) groups is 1. The van der Waals surface area contributed by atoms with Gasteiger partial charge in [0.1, 0.15) is 11.6 Å². The number of ether oxygens (including phenoxy) is 1. The van der Waals surface area contributed by atoms with Crippen LogP contribution in [0.15, 0.2) is 48.7 Å². The molecule has 8 nitrogen and oxygen atoms in total. The van der Waals surface area contributed by atoms with Crippen molar-refractivity contribution in [2.45, 2.75) is 33.7 Å². The lowest BCUT2D eigenvalue weighted by Gasteiger charge is -2.12. The Labute approximate surface area is 197 Å². The summed E-state index contributed by atoms with van der Waals surface area (Å²) < 4.78 is 5.69. The van der Waals surface area contributed by atoms with E-state index in [1.54, 1.807) is 6.20 Å². The third kappa shape index (κ3) is 5.23. The van der Waals surface area contributed by atoms with Crippen molar-refractivity contribution in [2.75, 3.05) is 11.9 Å². The van der Waals surface area contributed by atoms with Crippen LogP contribution in [0.5, 0.6) is 5.75 Å². The highest BCUT2D eigenvalue weighted by Crippen LogP contribution is 2.22. The van der Waals surface area contributed by atoms with E-state index in [0.717, 1.165) is 32.7 Å². The normalized spacial score (nSPS) is 12.4. The molecule has 0 saturated carbocycles. The summed E-state index contributed by atoms with van der Waals surface area (Å²) in [5.74, 6) is 1.67. The summed E-state index contributed by atoms with van der Waals surface area (Å²) in [5.41, 5.74) is 2.66. The number of hydrogen-bond donors (Lipinski definition) is 3. The number of anilines is 2. The molecular weight excluding hydrogens is 428 g/mol. The Balaban J connectivity index is 1.67. The number of fused-ring (bicyclic) bond motifs is 1. The van der Waals surface area contributed by atoms with Gasteiger partial charge in [0.2, 0.25) is 0 Å². The smallest absolute Gasteiger partial charge is 0.258 e. The fourth-order valence-electron chi connectivity index (χ4n) is 3.61. The number of hydrogen-bond acceptors (Lipinski definition) is 6. The van der Waals surface area contributed by atoms with E-state index in [1.807, 2.05) is 82.3 Å². The number of rotatable bonds is 7. The largest absolute Gasteiger partial charge is 0.484 e. The molecule has 2 heterocycles. The lowest BCUT2D eigenvalue weighted by Crippen LogP contribution is -2.34. The van der Waals surface area contributed by atoms with Gasteiger partial charge in [0, 0.05) is 27.9 Å². The first-order valence-electron chi connectivity index (χ1n) is 11.2. The highest BCUT2D eigenvalue weighted by atomic mass is 16.5. The predicted molar refractivity (Wildman–Crippen MR) is 135 cm³/mol. The Morgan fingerprint density at radius 3 is 2.74 bits per heavy atom. The van der Waals surface area contributed by atoms with Gasteiger partial charge in [-0.3, -0.25) is 9.89 Å². The minimum absolute atomic E-state index is 0.0521. The quantitative estimate of drug-likeness (QED) is 0.394. The van der Waals surface area contributed by atoms with E-state index in [1.165, 1.54) is 0 Å². The first kappa shape index (κ1) is 23.0. The van der Waals surface area contributed by atoms with Crippen molar-refractivity contribution >= 4 is 40.5 Å². The molecule has 3 N–H and O–H groups in total. The van der Waals surface area contributed by atoms with E-state index in [4.69, 9.17) is 14.7 Å². The molecule has 8 heteroatoms. The second-order valence-electron chi connectivity index (χ2n) is 8.11. The van der Waals surface area contributed by atoms with Gasteiger partial charge >= 0.3 is 0 Å². The van der Waals surface area contributed by atoms with Crippen molar-refractivity contribution in [3.8, 4) is 17.1 Å². The van der Waals surface area contributed by atoms with E-state index >= 15 is 0 Å². The zero-order valence-electron chi connectivity index (χ0n) is 19.7. The van der Waals surface area contributed by atoms with E-state index in [0.29, 0.717) is 17.4 Å². The van der Waals surface area contributed by atoms with Crippen LogP contribution in [0.1, 0.15) is 27.7 Å². The maximum absolute atomic E-state index is 11.9. The van der Waals surface area contributed by atoms with E-state index < -0.39 is 0 Å². The fourth-order valence-corrected chi connectivity index (χ4v) is 3.61. The van der Waals surface area contributed by atoms with E-state index in [9.17, 15) is 4.79 Å². The van der Waals surface area contributed by atoms with Crippen LogP contribution in [0.4, 0.5) is 11.5 Å². The zero-order valence-corrected chi connectivity index (χ0v) is 19.7. The summed E-state index contributed by atoms with van der Waals surface area (Å²) in [6, 6.07) is 13.5. The van der Waals surface area contributed by atoms with Gasteiger partial charge in [-0.1, -0.05) is 24.3 Å². The van der Waals surface area contributed by atoms with Crippen LogP contribution in [0.3, 0.4) is 0 Å². The maximum atomic E-state index is 11.9. The number of carbonyl (C=O) groups excluding carboxylic acids is 1. The Morgan fingerprint density at radius 1 is 1.12 bits per heavy atom. The minimum Gasteiger partial charge on any atom is -0.484 e. The molecule has 0 saturated heterocycles. The van der Waals surface area contributed by atoms with Crippen LogP contribution in [0.2, 0.25) is 0 Å². The molecule has 2 aromatic heterocycles. The van der Waals surface area contributed by atoms with Crippen molar-refractivity contribution in [2.24, 2.45) is 0 Å². The number of nitrogens with zero attached hydrogens (tertiary/aromatic N) is 3. The Bertz CT molecular complexity index is 1440. The molecule has 0 aliphatic carbocycles. The van der Waals surface area contributed by atoms with Crippen molar-refractivity contribution < 1.29 is 9.53 Å². The second-order valence-corrected chi connectivity index (χ2v) is 8.11. The number of aromatic amines is 1. The Morgan fingerprint density at radius 2 is 1.97 bits per heavy atom. The van der Waals surface area contributed by atoms with Gasteiger partial charge in [-0.25, -0.2) is 9.97 Å². The van der Waals surface area contributed by atoms with Gasteiger partial charge in [-0.05, 0) is 58.0 Å². The molecular formula is C26H28N6O2. The van der Waals surface area contributed by atoms with Crippen LogP contribution < -0.4 is 25.9 Å². The number of amides is 1. The van der Waals surface area contributed by atoms with Gasteiger partial charge in [0.15, 0.2) is 12.4 Å². The summed E-state index contributed by atoms with van der Waals surface area (Å²) >= 11 is 0. The molecule has 0 fully saturated rings. The van der Waals surface area contributed by atoms with Crippen molar-refractivity contribution in [3.05, 3.63) is 59.2 Å². The van der Waals surface area contributed by atoms with Crippen molar-refractivity contribution in [1.29, 1.82) is 0 Å². The highest BCUT2D eigenvalue weighted by Gasteiger charge is 2.10. The summed E-state index contributed by atoms with van der Waals surface area (Å²) in [7, 11) is 0. The van der Waals surface area contributed by atoms with Crippen LogP contribution in [0.25, 0.3) is 34.4 Å². The molecule has 1 amide bonds. The number of H-pyrrole nitrogens is 1. The van der Waals surface area contributed by atoms with Gasteiger partial charge in [-0.15, -0.1) is 0 Å². The van der Waals surface area contributed by atoms with E-state index in [-0.39, 0.29) is 18.6 Å². The monoisotopic (exact) mass is 456 g/mol. The standard InChI is InChI=1S/C26H28N6O2/c1-5-21-22(6-2)30-25(17-8-7-9-20(13-17)34-15-24(33)28-16(3)4)31-26(21)29-19-10-11-23-18(12-19)14-27-32-23/h5-14,16H,15H2,1-4H3,(H,27,32)(H,28,33)(H,29,30,31)/b21-5+,22-6+. The molecule has 4 aromatic rings. The molecule has 34 heavy (non-hydrogen) atoms. The molecule has 0 unspecified atom stereocenters. The SMILES string of the molecule is C/C=c1/nc(-c2cccc(OCC(=O)NC(C)C)c2)nc(Nc2ccc3[nH]ncc3c2)/c1=C/C. The first-order chi connectivity index (χ1) is 16.5. The lowest BCUT2D eigenvalue weighted by molar-refractivity contribution is -0.123. The molecule has 4 rings (SSSR count). The second kappa shape index (κ2) is 10.2. The third-order valence-corrected chi connectivity index (χ3v) is 5.15. The Kier molecular flexibility index (Phi) is 6.87. The molecule has 2 aromatic carbocycles. The molecule has 0 bridgehead atoms. The molecule has 174 valence electrons. The lowest BCUT2D eigenvalue weighted by atomic mass is 10.2. The van der Waals surface area contributed by atoms with Crippen LogP contribution in [-0.2, 0) is 4.79 Å². The third-order valence-electron chi connectivity index (χ3n) is 5.15. The molecule has 0 aliphatic rings. The number of aromatic nitrogens is 4. The van der Waals surface area contributed by atoms with Crippen LogP contribution >= 0.6 is 0 Å². The summed E-state index contributed by atoms with van der Waals surface area (Å²) in [4.78, 5) is 21.5. The van der Waals surface area contributed by atoms with E-state index in [2.05, 4.69) is 20.8 Å². The van der Waals surface area contributed by atoms with Crippen LogP contribution in [0, 0.1) is 0 Å². The van der Waals surface area contributed by atoms with Gasteiger partial charge < -0.3 is 15.4 Å². The number of benzene rings is 2. The van der Waals surface area contributed by atoms with Crippen LogP contribution in [-0.4, -0.2) is 38.7 Å². The van der Waals surface area contributed by atoms with Crippen molar-refractivity contribution in [1.82, 2.24) is 25.5 Å². The fraction of sp³-hybridized carbons (Fsp3) is 0.231. The maximum Gasteiger partial charge on any atom is 0.258 e. The highest BCUT2D eigenvalue weighted by molar-refractivity contribution is 5.83. The molecule has 0 atom stereocenters. The summed E-state index contributed by atoms with van der Waals surface area (Å²) in [6.07, 6.45) is 5.74. The first-order valence-corrected chi connectivity index (χ1v) is 11.2. The summed E-state index contributed by atoms with van der Waals surface area (Å²) in [6.45, 7) is 7.69. The molecule has 0 spiro atoms.